The van der Waals surface area contributed by atoms with E-state index in [2.05, 4.69) is 5.32 Å². The Morgan fingerprint density at radius 3 is 2.36 bits per heavy atom. The minimum absolute atomic E-state index is 0.325. The van der Waals surface area contributed by atoms with E-state index in [-0.39, 0.29) is 6.42 Å². The molecule has 1 rings (SSSR count). The summed E-state index contributed by atoms with van der Waals surface area (Å²) in [5, 5.41) is 11.7. The molecule has 3 atom stereocenters. The van der Waals surface area contributed by atoms with Gasteiger partial charge < -0.3 is 24.3 Å². The van der Waals surface area contributed by atoms with Crippen LogP contribution in [0.5, 0.6) is 0 Å². The summed E-state index contributed by atoms with van der Waals surface area (Å²) < 4.78 is 37.8. The van der Waals surface area contributed by atoms with Crippen molar-refractivity contribution in [1.29, 1.82) is 5.26 Å². The van der Waals surface area contributed by atoms with E-state index in [9.17, 15) is 14.9 Å². The van der Waals surface area contributed by atoms with Gasteiger partial charge in [-0.25, -0.2) is 9.59 Å². The van der Waals surface area contributed by atoms with Gasteiger partial charge in [0.1, 0.15) is 17.2 Å². The van der Waals surface area contributed by atoms with E-state index < -0.39 is 48.1 Å². The maximum Gasteiger partial charge on any atom is 0.408 e. The highest BCUT2D eigenvalue weighted by Gasteiger charge is 2.32. The summed E-state index contributed by atoms with van der Waals surface area (Å²) in [5.41, 5.74) is -1.63. The Morgan fingerprint density at radius 2 is 1.86 bits per heavy atom. The van der Waals surface area contributed by atoms with Gasteiger partial charge >= 0.3 is 12.1 Å². The van der Waals surface area contributed by atoms with Gasteiger partial charge in [-0.2, -0.15) is 5.26 Å². The molecule has 0 spiro atoms. The number of hydrogen-bond donors (Lipinski definition) is 1. The molecule has 28 heavy (non-hydrogen) atoms. The smallest absolute Gasteiger partial charge is 0.408 e. The Hall–Kier alpha value is -1.85. The summed E-state index contributed by atoms with van der Waals surface area (Å²) in [6.07, 6.45) is -3.36. The molecule has 0 bridgehead atoms. The SMILES string of the molecule is [2H]C([2H])(C#N)C(CC(NC(=O)OC(C)(C)C)C(=O)OC(C)(C)C)OC1CCCCO1. The summed E-state index contributed by atoms with van der Waals surface area (Å²) in [6, 6.07) is 0.290. The second-order valence-corrected chi connectivity index (χ2v) is 8.64. The average molecular weight is 401 g/mol. The standard InChI is InChI=1S/C20H34N2O6/c1-19(2,3)27-17(23)15(22-18(24)28-20(4,5)6)13-14(10-11-21)26-16-9-7-8-12-25-16/h14-16H,7-10,12-13H2,1-6H3,(H,22,24)/i10D2. The molecule has 3 unspecified atom stereocenters. The third-order valence-corrected chi connectivity index (χ3v) is 3.51. The van der Waals surface area contributed by atoms with E-state index in [0.29, 0.717) is 13.0 Å². The fraction of sp³-hybridized carbons (Fsp3) is 0.850. The normalized spacial score (nSPS) is 21.4. The molecule has 8 nitrogen and oxygen atoms in total. The first-order valence-electron chi connectivity index (χ1n) is 10.5. The summed E-state index contributed by atoms with van der Waals surface area (Å²) in [7, 11) is 0. The van der Waals surface area contributed by atoms with Gasteiger partial charge in [-0.1, -0.05) is 0 Å². The summed E-state index contributed by atoms with van der Waals surface area (Å²) in [6.45, 7) is 10.5. The Labute approximate surface area is 170 Å². The third kappa shape index (κ3) is 10.5. The van der Waals surface area contributed by atoms with E-state index in [1.165, 1.54) is 0 Å². The zero-order valence-electron chi connectivity index (χ0n) is 19.7. The van der Waals surface area contributed by atoms with Crippen molar-refractivity contribution in [2.75, 3.05) is 6.61 Å². The predicted octanol–water partition coefficient (Wildman–Crippen LogP) is 3.44. The summed E-state index contributed by atoms with van der Waals surface area (Å²) >= 11 is 0. The molecule has 1 N–H and O–H groups in total. The maximum absolute atomic E-state index is 12.7. The van der Waals surface area contributed by atoms with Crippen molar-refractivity contribution in [3.63, 3.8) is 0 Å². The Morgan fingerprint density at radius 1 is 1.21 bits per heavy atom. The summed E-state index contributed by atoms with van der Waals surface area (Å²) in [5.74, 6) is -0.778. The van der Waals surface area contributed by atoms with Crippen LogP contribution in [0, 0.1) is 11.3 Å². The average Bonchev–Trinajstić information content (AvgIpc) is 2.58. The molecule has 160 valence electrons. The minimum atomic E-state index is -2.42. The van der Waals surface area contributed by atoms with Gasteiger partial charge in [-0.05, 0) is 60.8 Å². The number of amides is 1. The second-order valence-electron chi connectivity index (χ2n) is 8.64. The molecule has 0 saturated carbocycles. The van der Waals surface area contributed by atoms with Gasteiger partial charge in [-0.15, -0.1) is 0 Å². The molecule has 8 heteroatoms. The minimum Gasteiger partial charge on any atom is -0.458 e. The number of carbonyl (C=O) groups is 2. The number of rotatable bonds is 7. The van der Waals surface area contributed by atoms with Crippen LogP contribution in [0.15, 0.2) is 0 Å². The molecule has 0 aromatic rings. The van der Waals surface area contributed by atoms with Crippen molar-refractivity contribution in [1.82, 2.24) is 5.32 Å². The molecule has 1 fully saturated rings. The van der Waals surface area contributed by atoms with Crippen LogP contribution in [-0.2, 0) is 23.7 Å². The highest BCUT2D eigenvalue weighted by atomic mass is 16.7. The number of esters is 1. The van der Waals surface area contributed by atoms with Crippen molar-refractivity contribution >= 4 is 12.1 Å². The van der Waals surface area contributed by atoms with Crippen molar-refractivity contribution in [3.8, 4) is 6.07 Å². The van der Waals surface area contributed by atoms with Gasteiger partial charge in [0, 0.05) is 15.8 Å². The van der Waals surface area contributed by atoms with E-state index in [1.54, 1.807) is 47.6 Å². The maximum atomic E-state index is 12.7. The number of nitriles is 1. The molecule has 0 aromatic heterocycles. The molecular weight excluding hydrogens is 364 g/mol. The molecule has 1 saturated heterocycles. The monoisotopic (exact) mass is 400 g/mol. The molecule has 0 aliphatic carbocycles. The largest absolute Gasteiger partial charge is 0.458 e. The highest BCUT2D eigenvalue weighted by Crippen LogP contribution is 2.20. The van der Waals surface area contributed by atoms with Crippen molar-refractivity contribution in [3.05, 3.63) is 0 Å². The highest BCUT2D eigenvalue weighted by molar-refractivity contribution is 5.81. The fourth-order valence-corrected chi connectivity index (χ4v) is 2.47. The first-order chi connectivity index (χ1) is 13.6. The lowest BCUT2D eigenvalue weighted by molar-refractivity contribution is -0.191. The van der Waals surface area contributed by atoms with Crippen LogP contribution in [0.4, 0.5) is 4.79 Å². The van der Waals surface area contributed by atoms with E-state index in [4.69, 9.17) is 21.7 Å². The van der Waals surface area contributed by atoms with Crippen LogP contribution in [0.25, 0.3) is 0 Å². The van der Waals surface area contributed by atoms with Crippen LogP contribution >= 0.6 is 0 Å². The quantitative estimate of drug-likeness (QED) is 0.652. The van der Waals surface area contributed by atoms with Crippen LogP contribution in [0.1, 0.15) is 76.3 Å². The molecule has 1 aliphatic rings. The van der Waals surface area contributed by atoms with Crippen molar-refractivity contribution < 1.29 is 31.3 Å². The Bertz CT molecular complexity index is 631. The first kappa shape index (κ1) is 20.9. The van der Waals surface area contributed by atoms with Crippen LogP contribution in [-0.4, -0.2) is 48.3 Å². The van der Waals surface area contributed by atoms with Crippen LogP contribution in [0.2, 0.25) is 0 Å². The lowest BCUT2D eigenvalue weighted by Gasteiger charge is -2.30. The molecule has 0 aromatic carbocycles. The van der Waals surface area contributed by atoms with Gasteiger partial charge in [0.05, 0.1) is 18.5 Å². The molecule has 0 radical (unpaired) electrons. The van der Waals surface area contributed by atoms with Gasteiger partial charge in [0.15, 0.2) is 6.29 Å². The van der Waals surface area contributed by atoms with Gasteiger partial charge in [0.25, 0.3) is 0 Å². The number of ether oxygens (including phenoxy) is 4. The van der Waals surface area contributed by atoms with Crippen molar-refractivity contribution in [2.24, 2.45) is 0 Å². The van der Waals surface area contributed by atoms with E-state index in [0.717, 1.165) is 12.8 Å². The number of nitrogens with one attached hydrogen (secondary N) is 1. The third-order valence-electron chi connectivity index (χ3n) is 3.51. The van der Waals surface area contributed by atoms with Crippen LogP contribution in [0.3, 0.4) is 0 Å². The lowest BCUT2D eigenvalue weighted by Crippen LogP contribution is -2.48. The molecule has 1 amide bonds. The number of alkyl carbamates (subject to hydrolysis) is 1. The Kier molecular flexibility index (Phi) is 7.92. The van der Waals surface area contributed by atoms with Crippen molar-refractivity contribution in [2.45, 2.75) is 103 Å². The fourth-order valence-electron chi connectivity index (χ4n) is 2.47. The van der Waals surface area contributed by atoms with E-state index >= 15 is 0 Å². The lowest BCUT2D eigenvalue weighted by atomic mass is 10.1. The molecule has 1 aliphatic heterocycles. The topological polar surface area (TPSA) is 107 Å². The summed E-state index contributed by atoms with van der Waals surface area (Å²) in [4.78, 5) is 25.0. The Balaban J connectivity index is 3.05. The number of carbonyl (C=O) groups excluding carboxylic acids is 2. The number of nitrogens with zero attached hydrogens (tertiary/aromatic N) is 1. The van der Waals surface area contributed by atoms with E-state index in [1.807, 2.05) is 0 Å². The predicted molar refractivity (Wildman–Crippen MR) is 102 cm³/mol. The second kappa shape index (κ2) is 10.6. The zero-order chi connectivity index (χ0) is 23.2. The first-order valence-corrected chi connectivity index (χ1v) is 9.53. The van der Waals surface area contributed by atoms with Gasteiger partial charge in [0.2, 0.25) is 0 Å². The number of hydrogen-bond acceptors (Lipinski definition) is 7. The van der Waals surface area contributed by atoms with Crippen LogP contribution < -0.4 is 5.32 Å². The molecular formula is C20H34N2O6. The van der Waals surface area contributed by atoms with Gasteiger partial charge in [-0.3, -0.25) is 0 Å². The zero-order valence-corrected chi connectivity index (χ0v) is 17.7. The molecule has 1 heterocycles.